The SMILES string of the molecule is C=C(Cl)CNC(=O)c1ccc(OCC)c(N)c1. The summed E-state index contributed by atoms with van der Waals surface area (Å²) in [6, 6.07) is 4.88. The molecule has 3 N–H and O–H groups in total. The number of carbonyl (C=O) groups excluding carboxylic acids is 1. The van der Waals surface area contributed by atoms with Crippen LogP contribution in [0, 0.1) is 0 Å². The lowest BCUT2D eigenvalue weighted by molar-refractivity contribution is 0.0957. The van der Waals surface area contributed by atoms with Crippen molar-refractivity contribution in [2.75, 3.05) is 18.9 Å². The molecule has 0 spiro atoms. The number of rotatable bonds is 5. The molecule has 0 aliphatic heterocycles. The lowest BCUT2D eigenvalue weighted by Gasteiger charge is -2.09. The van der Waals surface area contributed by atoms with E-state index in [-0.39, 0.29) is 12.5 Å². The van der Waals surface area contributed by atoms with E-state index in [4.69, 9.17) is 22.1 Å². The van der Waals surface area contributed by atoms with Crippen LogP contribution in [0.1, 0.15) is 17.3 Å². The quantitative estimate of drug-likeness (QED) is 0.792. The highest BCUT2D eigenvalue weighted by Crippen LogP contribution is 2.22. The topological polar surface area (TPSA) is 64.3 Å². The predicted molar refractivity (Wildman–Crippen MR) is 69.3 cm³/mol. The number of nitrogens with two attached hydrogens (primary N) is 1. The van der Waals surface area contributed by atoms with Gasteiger partial charge in [0.1, 0.15) is 5.75 Å². The lowest BCUT2D eigenvalue weighted by atomic mass is 10.1. The first-order valence-corrected chi connectivity index (χ1v) is 5.56. The standard InChI is InChI=1S/C12H15ClN2O2/c1-3-17-11-5-4-9(6-10(11)14)12(16)15-7-8(2)13/h4-6H,2-3,7,14H2,1H3,(H,15,16). The van der Waals surface area contributed by atoms with Gasteiger partial charge in [0.15, 0.2) is 0 Å². The van der Waals surface area contributed by atoms with Crippen LogP contribution in [-0.4, -0.2) is 19.1 Å². The van der Waals surface area contributed by atoms with Gasteiger partial charge in [0.2, 0.25) is 0 Å². The predicted octanol–water partition coefficient (Wildman–Crippen LogP) is 2.15. The van der Waals surface area contributed by atoms with E-state index in [9.17, 15) is 4.79 Å². The van der Waals surface area contributed by atoms with E-state index < -0.39 is 0 Å². The second-order valence-electron chi connectivity index (χ2n) is 3.39. The number of ether oxygens (including phenoxy) is 1. The zero-order valence-corrected chi connectivity index (χ0v) is 10.4. The molecule has 1 aromatic carbocycles. The summed E-state index contributed by atoms with van der Waals surface area (Å²) in [5.74, 6) is 0.326. The number of amides is 1. The van der Waals surface area contributed by atoms with E-state index in [0.29, 0.717) is 28.6 Å². The van der Waals surface area contributed by atoms with Gasteiger partial charge >= 0.3 is 0 Å². The molecule has 0 radical (unpaired) electrons. The molecule has 0 aliphatic carbocycles. The Bertz CT molecular complexity index is 433. The minimum Gasteiger partial charge on any atom is -0.492 e. The molecule has 0 aliphatic rings. The van der Waals surface area contributed by atoms with Gasteiger partial charge < -0.3 is 15.8 Å². The van der Waals surface area contributed by atoms with Crippen LogP contribution in [-0.2, 0) is 0 Å². The summed E-state index contributed by atoms with van der Waals surface area (Å²) in [6.45, 7) is 6.11. The maximum atomic E-state index is 11.7. The Hall–Kier alpha value is -1.68. The van der Waals surface area contributed by atoms with Crippen LogP contribution in [0.5, 0.6) is 5.75 Å². The molecule has 17 heavy (non-hydrogen) atoms. The van der Waals surface area contributed by atoms with Gasteiger partial charge in [-0.2, -0.15) is 0 Å². The highest BCUT2D eigenvalue weighted by molar-refractivity contribution is 6.29. The maximum absolute atomic E-state index is 11.7. The normalized spacial score (nSPS) is 9.76. The van der Waals surface area contributed by atoms with Crippen molar-refractivity contribution >= 4 is 23.2 Å². The summed E-state index contributed by atoms with van der Waals surface area (Å²) < 4.78 is 5.28. The minimum absolute atomic E-state index is 0.230. The van der Waals surface area contributed by atoms with Crippen molar-refractivity contribution in [1.82, 2.24) is 5.32 Å². The molecule has 1 aromatic rings. The Labute approximate surface area is 105 Å². The van der Waals surface area contributed by atoms with Crippen LogP contribution >= 0.6 is 11.6 Å². The molecule has 1 rings (SSSR count). The van der Waals surface area contributed by atoms with Gasteiger partial charge in [-0.25, -0.2) is 0 Å². The molecule has 0 heterocycles. The monoisotopic (exact) mass is 254 g/mol. The Morgan fingerprint density at radius 1 is 1.59 bits per heavy atom. The molecule has 0 atom stereocenters. The summed E-state index contributed by atoms with van der Waals surface area (Å²) in [5.41, 5.74) is 6.65. The van der Waals surface area contributed by atoms with Gasteiger partial charge in [-0.3, -0.25) is 4.79 Å². The molecule has 92 valence electrons. The van der Waals surface area contributed by atoms with E-state index in [1.165, 1.54) is 0 Å². The average molecular weight is 255 g/mol. The molecular weight excluding hydrogens is 240 g/mol. The van der Waals surface area contributed by atoms with Crippen molar-refractivity contribution < 1.29 is 9.53 Å². The van der Waals surface area contributed by atoms with Gasteiger partial charge in [0.05, 0.1) is 18.8 Å². The molecule has 0 fully saturated rings. The average Bonchev–Trinajstić information content (AvgIpc) is 2.28. The molecule has 0 unspecified atom stereocenters. The van der Waals surface area contributed by atoms with Crippen molar-refractivity contribution in [3.05, 3.63) is 35.4 Å². The summed E-state index contributed by atoms with van der Waals surface area (Å²) in [4.78, 5) is 11.7. The Morgan fingerprint density at radius 3 is 2.82 bits per heavy atom. The lowest BCUT2D eigenvalue weighted by Crippen LogP contribution is -2.24. The zero-order valence-electron chi connectivity index (χ0n) is 9.63. The number of halogens is 1. The second kappa shape index (κ2) is 6.15. The maximum Gasteiger partial charge on any atom is 0.251 e. The fraction of sp³-hybridized carbons (Fsp3) is 0.250. The number of nitrogen functional groups attached to an aromatic ring is 1. The third-order valence-electron chi connectivity index (χ3n) is 2.01. The second-order valence-corrected chi connectivity index (χ2v) is 3.92. The Kier molecular flexibility index (Phi) is 4.84. The van der Waals surface area contributed by atoms with Crippen molar-refractivity contribution in [2.24, 2.45) is 0 Å². The van der Waals surface area contributed by atoms with Gasteiger partial charge in [-0.1, -0.05) is 18.2 Å². The van der Waals surface area contributed by atoms with Gasteiger partial charge in [0.25, 0.3) is 5.91 Å². The third-order valence-corrected chi connectivity index (χ3v) is 2.15. The summed E-state index contributed by atoms with van der Waals surface area (Å²) >= 11 is 5.55. The molecule has 5 heteroatoms. The first-order valence-electron chi connectivity index (χ1n) is 5.18. The fourth-order valence-electron chi connectivity index (χ4n) is 1.25. The van der Waals surface area contributed by atoms with Crippen LogP contribution in [0.25, 0.3) is 0 Å². The molecule has 0 saturated carbocycles. The van der Waals surface area contributed by atoms with E-state index in [1.807, 2.05) is 6.92 Å². The summed E-state index contributed by atoms with van der Waals surface area (Å²) in [5, 5.41) is 2.98. The summed E-state index contributed by atoms with van der Waals surface area (Å²) in [7, 11) is 0. The van der Waals surface area contributed by atoms with Crippen LogP contribution in [0.15, 0.2) is 29.8 Å². The Balaban J connectivity index is 2.75. The van der Waals surface area contributed by atoms with Crippen molar-refractivity contribution in [1.29, 1.82) is 0 Å². The van der Waals surface area contributed by atoms with Crippen LogP contribution in [0.4, 0.5) is 5.69 Å². The van der Waals surface area contributed by atoms with E-state index in [1.54, 1.807) is 18.2 Å². The van der Waals surface area contributed by atoms with Crippen LogP contribution < -0.4 is 15.8 Å². The number of benzene rings is 1. The van der Waals surface area contributed by atoms with Gasteiger partial charge in [-0.15, -0.1) is 0 Å². The highest BCUT2D eigenvalue weighted by atomic mass is 35.5. The molecular formula is C12H15ClN2O2. The first-order chi connectivity index (χ1) is 8.04. The third kappa shape index (κ3) is 4.00. The smallest absolute Gasteiger partial charge is 0.251 e. The largest absolute Gasteiger partial charge is 0.492 e. The number of hydrogen-bond acceptors (Lipinski definition) is 3. The molecule has 0 aromatic heterocycles. The fourth-order valence-corrected chi connectivity index (χ4v) is 1.32. The number of carbonyl (C=O) groups is 1. The van der Waals surface area contributed by atoms with Gasteiger partial charge in [0, 0.05) is 10.6 Å². The molecule has 1 amide bonds. The summed E-state index contributed by atoms with van der Waals surface area (Å²) in [6.07, 6.45) is 0. The number of hydrogen-bond donors (Lipinski definition) is 2. The molecule has 0 saturated heterocycles. The van der Waals surface area contributed by atoms with Crippen LogP contribution in [0.3, 0.4) is 0 Å². The highest BCUT2D eigenvalue weighted by Gasteiger charge is 2.08. The van der Waals surface area contributed by atoms with Gasteiger partial charge in [-0.05, 0) is 25.1 Å². The Morgan fingerprint density at radius 2 is 2.29 bits per heavy atom. The number of anilines is 1. The minimum atomic E-state index is -0.249. The zero-order chi connectivity index (χ0) is 12.8. The molecule has 4 nitrogen and oxygen atoms in total. The van der Waals surface area contributed by atoms with Crippen molar-refractivity contribution in [2.45, 2.75) is 6.92 Å². The number of nitrogens with one attached hydrogen (secondary N) is 1. The van der Waals surface area contributed by atoms with Crippen molar-refractivity contribution in [3.8, 4) is 5.75 Å². The van der Waals surface area contributed by atoms with E-state index >= 15 is 0 Å². The molecule has 0 bridgehead atoms. The van der Waals surface area contributed by atoms with Crippen molar-refractivity contribution in [3.63, 3.8) is 0 Å². The van der Waals surface area contributed by atoms with E-state index in [0.717, 1.165) is 0 Å². The van der Waals surface area contributed by atoms with E-state index in [2.05, 4.69) is 11.9 Å². The first kappa shape index (κ1) is 13.4. The van der Waals surface area contributed by atoms with Crippen LogP contribution in [0.2, 0.25) is 0 Å².